The van der Waals surface area contributed by atoms with Crippen LogP contribution in [0.5, 0.6) is 0 Å². The van der Waals surface area contributed by atoms with Crippen LogP contribution in [-0.4, -0.2) is 73.8 Å². The van der Waals surface area contributed by atoms with Crippen LogP contribution >= 0.6 is 24.0 Å². The molecule has 5 unspecified atom stereocenters. The van der Waals surface area contributed by atoms with Crippen LogP contribution in [0, 0.1) is 29.6 Å². The second-order valence-corrected chi connectivity index (χ2v) is 9.51. The Morgan fingerprint density at radius 1 is 1.15 bits per heavy atom. The van der Waals surface area contributed by atoms with Gasteiger partial charge in [0.1, 0.15) is 6.54 Å². The number of hydrogen-bond donors (Lipinski definition) is 2. The predicted octanol–water partition coefficient (Wildman–Crippen LogP) is 2.25. The molecular formula is C24H40IN5O3. The number of nitrogens with one attached hydrogen (secondary N) is 2. The molecular weight excluding hydrogens is 533 g/mol. The average molecular weight is 574 g/mol. The SMILES string of the molecule is CCCCC(CC)CNC(=NCC(=O)N(C)C)NCCN1C(=O)C2C3C=CC(C3)C2C1=O.I. The Balaban J connectivity index is 0.00000385. The highest BCUT2D eigenvalue weighted by Crippen LogP contribution is 2.52. The van der Waals surface area contributed by atoms with Crippen molar-refractivity contribution in [2.45, 2.75) is 46.0 Å². The number of carbonyl (C=O) groups is 3. The fourth-order valence-corrected chi connectivity index (χ4v) is 5.12. The van der Waals surface area contributed by atoms with E-state index in [0.29, 0.717) is 25.0 Å². The van der Waals surface area contributed by atoms with E-state index in [2.05, 4.69) is 41.6 Å². The van der Waals surface area contributed by atoms with Gasteiger partial charge in [-0.2, -0.15) is 0 Å². The summed E-state index contributed by atoms with van der Waals surface area (Å²) in [7, 11) is 3.42. The van der Waals surface area contributed by atoms with Crippen molar-refractivity contribution in [3.63, 3.8) is 0 Å². The Labute approximate surface area is 215 Å². The molecule has 2 fully saturated rings. The van der Waals surface area contributed by atoms with Crippen LogP contribution in [0.25, 0.3) is 0 Å². The molecule has 1 aliphatic heterocycles. The summed E-state index contributed by atoms with van der Waals surface area (Å²) in [6.45, 7) is 5.93. The molecule has 2 N–H and O–H groups in total. The molecule has 1 saturated heterocycles. The number of likely N-dealkylation sites (tertiary alicyclic amines) is 1. The second-order valence-electron chi connectivity index (χ2n) is 9.51. The van der Waals surface area contributed by atoms with Crippen LogP contribution in [0.1, 0.15) is 46.0 Å². The number of carbonyl (C=O) groups excluding carboxylic acids is 3. The number of nitrogens with zero attached hydrogens (tertiary/aromatic N) is 3. The molecule has 0 aromatic rings. The minimum absolute atomic E-state index is 0. The maximum Gasteiger partial charge on any atom is 0.243 e. The summed E-state index contributed by atoms with van der Waals surface area (Å²) >= 11 is 0. The number of rotatable bonds is 11. The molecule has 1 saturated carbocycles. The maximum atomic E-state index is 12.9. The first-order valence-electron chi connectivity index (χ1n) is 12.1. The lowest BCUT2D eigenvalue weighted by molar-refractivity contribution is -0.140. The summed E-state index contributed by atoms with van der Waals surface area (Å²) in [4.78, 5) is 45.1. The summed E-state index contributed by atoms with van der Waals surface area (Å²) in [5, 5.41) is 6.58. The number of imide groups is 1. The van der Waals surface area contributed by atoms with Crippen LogP contribution in [0.3, 0.4) is 0 Å². The van der Waals surface area contributed by atoms with E-state index < -0.39 is 0 Å². The van der Waals surface area contributed by atoms with E-state index in [9.17, 15) is 14.4 Å². The number of aliphatic imine (C=N–C) groups is 1. The van der Waals surface area contributed by atoms with Crippen LogP contribution in [-0.2, 0) is 14.4 Å². The van der Waals surface area contributed by atoms with Gasteiger partial charge in [-0.25, -0.2) is 4.99 Å². The van der Waals surface area contributed by atoms with Gasteiger partial charge in [0.05, 0.1) is 11.8 Å². The van der Waals surface area contributed by atoms with E-state index in [-0.39, 0.29) is 71.9 Å². The number of unbranched alkanes of at least 4 members (excludes halogenated alkanes) is 1. The van der Waals surface area contributed by atoms with Gasteiger partial charge in [0.2, 0.25) is 17.7 Å². The van der Waals surface area contributed by atoms with Gasteiger partial charge in [-0.3, -0.25) is 19.3 Å². The van der Waals surface area contributed by atoms with Crippen LogP contribution in [0.4, 0.5) is 0 Å². The van der Waals surface area contributed by atoms with E-state index in [1.54, 1.807) is 14.1 Å². The number of guanidine groups is 1. The third-order valence-electron chi connectivity index (χ3n) is 7.16. The van der Waals surface area contributed by atoms with E-state index in [1.165, 1.54) is 22.6 Å². The Kier molecular flexibility index (Phi) is 10.6. The highest BCUT2D eigenvalue weighted by Gasteiger charge is 2.58. The third-order valence-corrected chi connectivity index (χ3v) is 7.16. The van der Waals surface area contributed by atoms with Gasteiger partial charge < -0.3 is 15.5 Å². The molecule has 3 aliphatic rings. The zero-order valence-electron chi connectivity index (χ0n) is 20.4. The molecule has 33 heavy (non-hydrogen) atoms. The molecule has 9 heteroatoms. The first kappa shape index (κ1) is 27.6. The fourth-order valence-electron chi connectivity index (χ4n) is 5.12. The number of likely N-dealkylation sites (N-methyl/N-ethyl adjacent to an activating group) is 1. The van der Waals surface area contributed by atoms with E-state index in [0.717, 1.165) is 25.8 Å². The number of hydrogen-bond acceptors (Lipinski definition) is 4. The zero-order chi connectivity index (χ0) is 23.3. The van der Waals surface area contributed by atoms with Crippen molar-refractivity contribution in [1.82, 2.24) is 20.4 Å². The normalized spacial score (nSPS) is 26.3. The summed E-state index contributed by atoms with van der Waals surface area (Å²) in [5.74, 6) is 1.08. The molecule has 3 rings (SSSR count). The van der Waals surface area contributed by atoms with Crippen molar-refractivity contribution in [1.29, 1.82) is 0 Å². The Bertz CT molecular complexity index is 739. The number of halogens is 1. The van der Waals surface area contributed by atoms with Crippen molar-refractivity contribution >= 4 is 47.7 Å². The van der Waals surface area contributed by atoms with Gasteiger partial charge in [0, 0.05) is 33.7 Å². The summed E-state index contributed by atoms with van der Waals surface area (Å²) in [6, 6.07) is 0. The highest BCUT2D eigenvalue weighted by atomic mass is 127. The molecule has 186 valence electrons. The van der Waals surface area contributed by atoms with Crippen molar-refractivity contribution in [2.24, 2.45) is 34.6 Å². The van der Waals surface area contributed by atoms with E-state index >= 15 is 0 Å². The number of allylic oxidation sites excluding steroid dienone is 2. The molecule has 3 amide bonds. The first-order chi connectivity index (χ1) is 15.4. The van der Waals surface area contributed by atoms with Gasteiger partial charge in [-0.05, 0) is 30.6 Å². The summed E-state index contributed by atoms with van der Waals surface area (Å²) in [6.07, 6.45) is 9.75. The van der Waals surface area contributed by atoms with Crippen LogP contribution in [0.15, 0.2) is 17.1 Å². The van der Waals surface area contributed by atoms with Crippen molar-refractivity contribution in [2.75, 3.05) is 40.3 Å². The van der Waals surface area contributed by atoms with E-state index in [4.69, 9.17) is 0 Å². The standard InChI is InChI=1S/C24H39N5O3.HI/c1-5-7-8-16(6-2)14-26-24(27-15-19(30)28(3)4)25-11-12-29-22(31)20-17-9-10-18(13-17)21(20)23(29)32;/h9-10,16-18,20-21H,5-8,11-15H2,1-4H3,(H2,25,26,27);1H. The topological polar surface area (TPSA) is 94.1 Å². The van der Waals surface area contributed by atoms with E-state index in [1.807, 2.05) is 0 Å². The average Bonchev–Trinajstić information content (AvgIpc) is 3.46. The molecule has 0 spiro atoms. The third kappa shape index (κ3) is 6.48. The van der Waals surface area contributed by atoms with Crippen LogP contribution < -0.4 is 10.6 Å². The highest BCUT2D eigenvalue weighted by molar-refractivity contribution is 14.0. The zero-order valence-corrected chi connectivity index (χ0v) is 22.7. The lowest BCUT2D eigenvalue weighted by atomic mass is 9.85. The Hall–Kier alpha value is -1.65. The van der Waals surface area contributed by atoms with Crippen molar-refractivity contribution in [3.05, 3.63) is 12.2 Å². The predicted molar refractivity (Wildman–Crippen MR) is 140 cm³/mol. The summed E-state index contributed by atoms with van der Waals surface area (Å²) < 4.78 is 0. The fraction of sp³-hybridized carbons (Fsp3) is 0.750. The minimum atomic E-state index is -0.162. The molecule has 8 nitrogen and oxygen atoms in total. The minimum Gasteiger partial charge on any atom is -0.356 e. The van der Waals surface area contributed by atoms with Gasteiger partial charge >= 0.3 is 0 Å². The Morgan fingerprint density at radius 3 is 2.33 bits per heavy atom. The molecule has 1 heterocycles. The lowest BCUT2D eigenvalue weighted by Crippen LogP contribution is -2.45. The van der Waals surface area contributed by atoms with Crippen molar-refractivity contribution < 1.29 is 14.4 Å². The quantitative estimate of drug-likeness (QED) is 0.130. The molecule has 2 bridgehead atoms. The molecule has 2 aliphatic carbocycles. The van der Waals surface area contributed by atoms with Gasteiger partial charge in [-0.1, -0.05) is 45.3 Å². The lowest BCUT2D eigenvalue weighted by Gasteiger charge is -2.21. The smallest absolute Gasteiger partial charge is 0.243 e. The largest absolute Gasteiger partial charge is 0.356 e. The second kappa shape index (κ2) is 12.7. The molecule has 0 aromatic carbocycles. The molecule has 0 aromatic heterocycles. The van der Waals surface area contributed by atoms with Gasteiger partial charge in [-0.15, -0.1) is 24.0 Å². The molecule has 5 atom stereocenters. The number of fused-ring (bicyclic) bond motifs is 5. The number of amides is 3. The van der Waals surface area contributed by atoms with Crippen molar-refractivity contribution in [3.8, 4) is 0 Å². The maximum absolute atomic E-state index is 12.9. The summed E-state index contributed by atoms with van der Waals surface area (Å²) in [5.41, 5.74) is 0. The van der Waals surface area contributed by atoms with Crippen LogP contribution in [0.2, 0.25) is 0 Å². The van der Waals surface area contributed by atoms with Gasteiger partial charge in [0.15, 0.2) is 5.96 Å². The first-order valence-corrected chi connectivity index (χ1v) is 12.1. The Morgan fingerprint density at radius 2 is 1.79 bits per heavy atom. The molecule has 0 radical (unpaired) electrons. The van der Waals surface area contributed by atoms with Gasteiger partial charge in [0.25, 0.3) is 0 Å². The monoisotopic (exact) mass is 573 g/mol.